The predicted molar refractivity (Wildman–Crippen MR) is 120 cm³/mol. The van der Waals surface area contributed by atoms with E-state index >= 15 is 0 Å². The number of nitrogens with zero attached hydrogens (tertiary/aromatic N) is 2. The van der Waals surface area contributed by atoms with E-state index in [-0.39, 0.29) is 22.9 Å². The number of carbonyl (C=O) groups excluding carboxylic acids is 1. The monoisotopic (exact) mass is 424 g/mol. The second kappa shape index (κ2) is 8.10. The first kappa shape index (κ1) is 20.4. The Kier molecular flexibility index (Phi) is 5.51. The van der Waals surface area contributed by atoms with Gasteiger partial charge in [-0.3, -0.25) is 19.1 Å². The van der Waals surface area contributed by atoms with Gasteiger partial charge in [0.1, 0.15) is 5.65 Å². The number of anilines is 1. The number of aromatic nitrogens is 3. The zero-order valence-electron chi connectivity index (χ0n) is 17.2. The fourth-order valence-corrected chi connectivity index (χ4v) is 4.32. The molecule has 7 nitrogen and oxygen atoms in total. The van der Waals surface area contributed by atoms with E-state index in [9.17, 15) is 14.4 Å². The Morgan fingerprint density at radius 1 is 1.33 bits per heavy atom. The molecule has 1 aliphatic rings. The van der Waals surface area contributed by atoms with E-state index in [4.69, 9.17) is 0 Å². The first-order valence-electron chi connectivity index (χ1n) is 10.1. The van der Waals surface area contributed by atoms with Crippen LogP contribution in [0.4, 0.5) is 5.69 Å². The van der Waals surface area contributed by atoms with Gasteiger partial charge in [0.25, 0.3) is 11.5 Å². The van der Waals surface area contributed by atoms with Gasteiger partial charge in [0, 0.05) is 28.1 Å². The van der Waals surface area contributed by atoms with Crippen molar-refractivity contribution < 1.29 is 4.79 Å². The number of H-pyrrole nitrogens is 1. The number of aromatic amines is 1. The Labute approximate surface area is 177 Å². The van der Waals surface area contributed by atoms with Crippen molar-refractivity contribution in [3.63, 3.8) is 0 Å². The van der Waals surface area contributed by atoms with Crippen molar-refractivity contribution in [3.8, 4) is 0 Å². The molecular formula is C22H24N4O3S. The van der Waals surface area contributed by atoms with Crippen molar-refractivity contribution in [2.45, 2.75) is 56.2 Å². The minimum absolute atomic E-state index is 0.0680. The predicted octanol–water partition coefficient (Wildman–Crippen LogP) is 3.87. The first-order valence-corrected chi connectivity index (χ1v) is 11.0. The van der Waals surface area contributed by atoms with Crippen LogP contribution in [0.1, 0.15) is 55.1 Å². The molecule has 1 atom stereocenters. The number of hydrogen-bond acceptors (Lipinski definition) is 5. The molecular weight excluding hydrogens is 400 g/mol. The van der Waals surface area contributed by atoms with Crippen LogP contribution in [0.2, 0.25) is 0 Å². The third kappa shape index (κ3) is 4.05. The lowest BCUT2D eigenvalue weighted by atomic mass is 10.1. The molecule has 1 unspecified atom stereocenters. The lowest BCUT2D eigenvalue weighted by Gasteiger charge is -2.13. The van der Waals surface area contributed by atoms with Crippen LogP contribution in [0.15, 0.2) is 44.9 Å². The highest BCUT2D eigenvalue weighted by Gasteiger charge is 2.27. The number of hydrogen-bond donors (Lipinski definition) is 2. The van der Waals surface area contributed by atoms with E-state index in [0.29, 0.717) is 16.6 Å². The zero-order chi connectivity index (χ0) is 21.4. The summed E-state index contributed by atoms with van der Waals surface area (Å²) in [5, 5.41) is 3.67. The summed E-state index contributed by atoms with van der Waals surface area (Å²) in [5.41, 5.74) is 1.29. The molecule has 0 radical (unpaired) electrons. The molecule has 0 bridgehead atoms. The quantitative estimate of drug-likeness (QED) is 0.586. The molecule has 0 spiro atoms. The van der Waals surface area contributed by atoms with Crippen LogP contribution in [0.3, 0.4) is 0 Å². The molecule has 156 valence electrons. The molecule has 0 saturated heterocycles. The van der Waals surface area contributed by atoms with E-state index in [1.807, 2.05) is 19.1 Å². The third-order valence-corrected chi connectivity index (χ3v) is 6.57. The number of fused-ring (bicyclic) bond motifs is 1. The minimum Gasteiger partial charge on any atom is -0.322 e. The highest BCUT2D eigenvalue weighted by atomic mass is 32.2. The summed E-state index contributed by atoms with van der Waals surface area (Å²) in [7, 11) is 0. The van der Waals surface area contributed by atoms with Gasteiger partial charge in [0.05, 0.1) is 10.9 Å². The molecule has 1 aromatic carbocycles. The summed E-state index contributed by atoms with van der Waals surface area (Å²) in [5.74, 6) is -0.349. The molecule has 1 aliphatic carbocycles. The van der Waals surface area contributed by atoms with Crippen LogP contribution in [-0.2, 0) is 0 Å². The van der Waals surface area contributed by atoms with E-state index in [2.05, 4.69) is 35.2 Å². The van der Waals surface area contributed by atoms with Gasteiger partial charge in [0.2, 0.25) is 0 Å². The number of carbonyl (C=O) groups is 1. The Morgan fingerprint density at radius 3 is 2.77 bits per heavy atom. The normalized spacial score (nSPS) is 14.6. The molecule has 2 heterocycles. The van der Waals surface area contributed by atoms with Gasteiger partial charge in [-0.2, -0.15) is 0 Å². The van der Waals surface area contributed by atoms with Gasteiger partial charge >= 0.3 is 5.69 Å². The molecule has 2 aromatic heterocycles. The maximum Gasteiger partial charge on any atom is 0.330 e. The average Bonchev–Trinajstić information content (AvgIpc) is 3.54. The van der Waals surface area contributed by atoms with Crippen LogP contribution in [0.25, 0.3) is 11.0 Å². The average molecular weight is 425 g/mol. The largest absolute Gasteiger partial charge is 0.330 e. The van der Waals surface area contributed by atoms with Crippen molar-refractivity contribution in [2.24, 2.45) is 0 Å². The van der Waals surface area contributed by atoms with Crippen molar-refractivity contribution in [2.75, 3.05) is 5.32 Å². The lowest BCUT2D eigenvalue weighted by Crippen LogP contribution is -2.30. The number of benzene rings is 1. The number of pyridine rings is 1. The standard InChI is InChI=1S/C22H24N4O3S/c1-4-13(3)30-16-7-8-18(12(2)9-16)24-20(27)14-10-17-19(23-11-14)26(15-5-6-15)22(29)25-21(17)28/h7-11,13,15H,4-6H2,1-3H3,(H,24,27)(H,25,28,29). The molecule has 2 N–H and O–H groups in total. The minimum atomic E-state index is -0.531. The van der Waals surface area contributed by atoms with Crippen LogP contribution >= 0.6 is 11.8 Å². The number of thioether (sulfide) groups is 1. The van der Waals surface area contributed by atoms with Crippen molar-refractivity contribution in [3.05, 3.63) is 62.4 Å². The molecule has 4 rings (SSSR count). The van der Waals surface area contributed by atoms with Crippen LogP contribution < -0.4 is 16.6 Å². The summed E-state index contributed by atoms with van der Waals surface area (Å²) in [6.45, 7) is 6.30. The second-order valence-corrected chi connectivity index (χ2v) is 9.24. The molecule has 0 aliphatic heterocycles. The topological polar surface area (TPSA) is 96.8 Å². The Bertz CT molecular complexity index is 1240. The Hall–Kier alpha value is -2.87. The Morgan fingerprint density at radius 2 is 2.10 bits per heavy atom. The number of nitrogens with one attached hydrogen (secondary N) is 2. The van der Waals surface area contributed by atoms with Crippen molar-refractivity contribution in [1.82, 2.24) is 14.5 Å². The summed E-state index contributed by atoms with van der Waals surface area (Å²) < 4.78 is 1.51. The zero-order valence-corrected chi connectivity index (χ0v) is 18.0. The molecule has 30 heavy (non-hydrogen) atoms. The maximum atomic E-state index is 12.8. The fourth-order valence-electron chi connectivity index (χ4n) is 3.29. The van der Waals surface area contributed by atoms with E-state index < -0.39 is 11.2 Å². The number of aryl methyl sites for hydroxylation is 1. The second-order valence-electron chi connectivity index (χ2n) is 7.72. The van der Waals surface area contributed by atoms with E-state index in [1.165, 1.54) is 16.8 Å². The first-order chi connectivity index (χ1) is 14.4. The summed E-state index contributed by atoms with van der Waals surface area (Å²) in [4.78, 5) is 45.0. The summed E-state index contributed by atoms with van der Waals surface area (Å²) in [6.07, 6.45) is 4.27. The molecule has 8 heteroatoms. The smallest absolute Gasteiger partial charge is 0.322 e. The van der Waals surface area contributed by atoms with Crippen LogP contribution in [0, 0.1) is 6.92 Å². The van der Waals surface area contributed by atoms with Crippen LogP contribution in [0.5, 0.6) is 0 Å². The van der Waals surface area contributed by atoms with Gasteiger partial charge in [0.15, 0.2) is 0 Å². The van der Waals surface area contributed by atoms with Gasteiger partial charge in [-0.15, -0.1) is 11.8 Å². The van der Waals surface area contributed by atoms with E-state index in [0.717, 1.165) is 29.7 Å². The molecule has 1 saturated carbocycles. The van der Waals surface area contributed by atoms with Gasteiger partial charge in [-0.1, -0.05) is 13.8 Å². The van der Waals surface area contributed by atoms with Crippen LogP contribution in [-0.4, -0.2) is 25.7 Å². The van der Waals surface area contributed by atoms with Gasteiger partial charge in [-0.25, -0.2) is 9.78 Å². The van der Waals surface area contributed by atoms with E-state index in [1.54, 1.807) is 11.8 Å². The molecule has 1 fully saturated rings. The number of amides is 1. The summed E-state index contributed by atoms with van der Waals surface area (Å²) in [6, 6.07) is 7.51. The SMILES string of the molecule is CCC(C)Sc1ccc(NC(=O)c2cnc3c(c2)c(=O)[nH]c(=O)n3C2CC2)c(C)c1. The number of rotatable bonds is 6. The fraction of sp³-hybridized carbons (Fsp3) is 0.364. The highest BCUT2D eigenvalue weighted by molar-refractivity contribution is 7.99. The molecule has 1 amide bonds. The lowest BCUT2D eigenvalue weighted by molar-refractivity contribution is 0.102. The highest BCUT2D eigenvalue weighted by Crippen LogP contribution is 2.34. The maximum absolute atomic E-state index is 12.8. The Balaban J connectivity index is 1.61. The summed E-state index contributed by atoms with van der Waals surface area (Å²) >= 11 is 1.81. The van der Waals surface area contributed by atoms with Crippen molar-refractivity contribution in [1.29, 1.82) is 0 Å². The van der Waals surface area contributed by atoms with Gasteiger partial charge in [-0.05, 0) is 56.0 Å². The van der Waals surface area contributed by atoms with Gasteiger partial charge < -0.3 is 5.32 Å². The van der Waals surface area contributed by atoms with Crippen molar-refractivity contribution >= 4 is 34.4 Å². The molecule has 3 aromatic rings. The third-order valence-electron chi connectivity index (χ3n) is 5.31.